The molecule has 0 fully saturated rings. The fraction of sp³-hybridized carbons (Fsp3) is 0.318. The van der Waals surface area contributed by atoms with E-state index in [0.717, 1.165) is 16.7 Å². The number of methoxy groups -OCH3 is 2. The van der Waals surface area contributed by atoms with Crippen molar-refractivity contribution in [3.63, 3.8) is 0 Å². The van der Waals surface area contributed by atoms with Crippen molar-refractivity contribution in [2.75, 3.05) is 14.2 Å². The topological polar surface area (TPSA) is 84.9 Å². The Morgan fingerprint density at radius 3 is 2.31 bits per heavy atom. The van der Waals surface area contributed by atoms with Crippen LogP contribution in [0.3, 0.4) is 0 Å². The Balaban J connectivity index is 1.81. The normalized spacial score (nSPS) is 16.3. The highest BCUT2D eigenvalue weighted by Crippen LogP contribution is 2.24. The number of ether oxygens (including phenoxy) is 2. The predicted molar refractivity (Wildman–Crippen MR) is 106 cm³/mol. The molecule has 2 aromatic rings. The number of carbonyl (C=O) groups is 3. The number of urea groups is 1. The quantitative estimate of drug-likeness (QED) is 0.783. The highest BCUT2D eigenvalue weighted by Gasteiger charge is 2.36. The van der Waals surface area contributed by atoms with Gasteiger partial charge in [0.1, 0.15) is 12.1 Å². The first-order valence-electron chi connectivity index (χ1n) is 9.37. The van der Waals surface area contributed by atoms with E-state index in [1.807, 2.05) is 54.6 Å². The first kappa shape index (κ1) is 20.4. The van der Waals surface area contributed by atoms with Crippen LogP contribution in [-0.4, -0.2) is 49.2 Å². The van der Waals surface area contributed by atoms with E-state index in [1.54, 1.807) is 0 Å². The average molecular weight is 396 g/mol. The molecule has 2 atom stereocenters. The van der Waals surface area contributed by atoms with Crippen LogP contribution in [0.2, 0.25) is 0 Å². The summed E-state index contributed by atoms with van der Waals surface area (Å²) in [7, 11) is 2.58. The molecule has 1 heterocycles. The summed E-state index contributed by atoms with van der Waals surface area (Å²) in [6.45, 7) is 0.251. The van der Waals surface area contributed by atoms with Crippen LogP contribution in [0.4, 0.5) is 4.79 Å². The van der Waals surface area contributed by atoms with Crippen molar-refractivity contribution >= 4 is 18.0 Å². The number of nitrogens with one attached hydrogen (secondary N) is 1. The Kier molecular flexibility index (Phi) is 6.49. The molecule has 1 aliphatic heterocycles. The van der Waals surface area contributed by atoms with E-state index in [9.17, 15) is 14.4 Å². The van der Waals surface area contributed by atoms with E-state index in [0.29, 0.717) is 6.42 Å². The summed E-state index contributed by atoms with van der Waals surface area (Å²) in [5, 5.41) is 2.73. The average Bonchev–Trinajstić information content (AvgIpc) is 2.77. The molecular formula is C22H24N2O5. The van der Waals surface area contributed by atoms with Crippen molar-refractivity contribution in [2.45, 2.75) is 31.5 Å². The van der Waals surface area contributed by atoms with Gasteiger partial charge < -0.3 is 19.7 Å². The largest absolute Gasteiger partial charge is 0.467 e. The maximum atomic E-state index is 13.1. The molecule has 1 aliphatic rings. The molecule has 2 amide bonds. The summed E-state index contributed by atoms with van der Waals surface area (Å²) < 4.78 is 9.76. The van der Waals surface area contributed by atoms with E-state index in [1.165, 1.54) is 19.1 Å². The Morgan fingerprint density at radius 1 is 1.00 bits per heavy atom. The molecule has 0 spiro atoms. The summed E-state index contributed by atoms with van der Waals surface area (Å²) in [4.78, 5) is 39.1. The number of fused-ring (bicyclic) bond motifs is 1. The van der Waals surface area contributed by atoms with Crippen molar-refractivity contribution in [1.82, 2.24) is 10.2 Å². The molecule has 152 valence electrons. The van der Waals surface area contributed by atoms with Gasteiger partial charge in [0.15, 0.2) is 0 Å². The van der Waals surface area contributed by atoms with Gasteiger partial charge in [-0.3, -0.25) is 0 Å². The lowest BCUT2D eigenvalue weighted by Gasteiger charge is -2.35. The van der Waals surface area contributed by atoms with Crippen molar-refractivity contribution in [2.24, 2.45) is 0 Å². The third-order valence-corrected chi connectivity index (χ3v) is 5.05. The zero-order chi connectivity index (χ0) is 20.8. The number of carbonyl (C=O) groups excluding carboxylic acids is 3. The molecule has 0 bridgehead atoms. The van der Waals surface area contributed by atoms with Gasteiger partial charge in [0.05, 0.1) is 14.2 Å². The van der Waals surface area contributed by atoms with E-state index in [4.69, 9.17) is 9.47 Å². The van der Waals surface area contributed by atoms with Crippen LogP contribution in [0.25, 0.3) is 0 Å². The number of hydrogen-bond donors (Lipinski definition) is 1. The van der Waals surface area contributed by atoms with Crippen LogP contribution in [0, 0.1) is 0 Å². The zero-order valence-electron chi connectivity index (χ0n) is 16.5. The SMILES string of the molecule is COC(=O)[C@H](Cc1ccccc1)NC(=O)N1Cc2ccccc2C[C@@H]1C(=O)OC. The van der Waals surface area contributed by atoms with Crippen LogP contribution < -0.4 is 5.32 Å². The molecule has 0 unspecified atom stereocenters. The standard InChI is InChI=1S/C22H24N2O5/c1-28-20(25)18(12-15-8-4-3-5-9-15)23-22(27)24-14-17-11-7-6-10-16(17)13-19(24)21(26)29-2/h3-11,18-19H,12-14H2,1-2H3,(H,23,27)/t18-,19+/m0/s1. The lowest BCUT2D eigenvalue weighted by atomic mass is 9.94. The minimum absolute atomic E-state index is 0.251. The Bertz CT molecular complexity index is 884. The summed E-state index contributed by atoms with van der Waals surface area (Å²) in [6, 6.07) is 14.8. The van der Waals surface area contributed by atoms with Gasteiger partial charge in [-0.15, -0.1) is 0 Å². The molecule has 0 radical (unpaired) electrons. The summed E-state index contributed by atoms with van der Waals surface area (Å²) in [5.74, 6) is -1.04. The van der Waals surface area contributed by atoms with Crippen LogP contribution in [0.1, 0.15) is 16.7 Å². The van der Waals surface area contributed by atoms with Gasteiger partial charge in [-0.25, -0.2) is 14.4 Å². The number of benzene rings is 2. The molecule has 7 nitrogen and oxygen atoms in total. The summed E-state index contributed by atoms with van der Waals surface area (Å²) >= 11 is 0. The second-order valence-electron chi connectivity index (χ2n) is 6.85. The highest BCUT2D eigenvalue weighted by molar-refractivity contribution is 5.88. The summed E-state index contributed by atoms with van der Waals surface area (Å²) in [5.41, 5.74) is 2.85. The molecule has 3 rings (SSSR count). The number of esters is 2. The van der Waals surface area contributed by atoms with E-state index < -0.39 is 30.1 Å². The molecule has 0 aromatic heterocycles. The molecule has 0 saturated heterocycles. The van der Waals surface area contributed by atoms with Crippen LogP contribution in [-0.2, 0) is 38.4 Å². The zero-order valence-corrected chi connectivity index (χ0v) is 16.5. The Morgan fingerprint density at radius 2 is 1.66 bits per heavy atom. The smallest absolute Gasteiger partial charge is 0.329 e. The van der Waals surface area contributed by atoms with Gasteiger partial charge in [-0.2, -0.15) is 0 Å². The van der Waals surface area contributed by atoms with Crippen molar-refractivity contribution in [3.8, 4) is 0 Å². The van der Waals surface area contributed by atoms with Crippen molar-refractivity contribution < 1.29 is 23.9 Å². The van der Waals surface area contributed by atoms with Crippen LogP contribution >= 0.6 is 0 Å². The second kappa shape index (κ2) is 9.23. The molecule has 0 saturated carbocycles. The Labute approximate surface area is 169 Å². The third kappa shape index (κ3) is 4.74. The number of nitrogens with zero attached hydrogens (tertiary/aromatic N) is 1. The number of amides is 2. The minimum atomic E-state index is -0.870. The highest BCUT2D eigenvalue weighted by atomic mass is 16.5. The monoisotopic (exact) mass is 396 g/mol. The van der Waals surface area contributed by atoms with Crippen molar-refractivity contribution in [1.29, 1.82) is 0 Å². The van der Waals surface area contributed by atoms with Crippen LogP contribution in [0.5, 0.6) is 0 Å². The second-order valence-corrected chi connectivity index (χ2v) is 6.85. The lowest BCUT2D eigenvalue weighted by Crippen LogP contribution is -2.56. The Hall–Kier alpha value is -3.35. The van der Waals surface area contributed by atoms with Gasteiger partial charge in [0, 0.05) is 19.4 Å². The first-order chi connectivity index (χ1) is 14.0. The van der Waals surface area contributed by atoms with Crippen LogP contribution in [0.15, 0.2) is 54.6 Å². The fourth-order valence-corrected chi connectivity index (χ4v) is 3.50. The number of rotatable bonds is 5. The fourth-order valence-electron chi connectivity index (χ4n) is 3.50. The molecule has 1 N–H and O–H groups in total. The summed E-state index contributed by atoms with van der Waals surface area (Å²) in [6.07, 6.45) is 0.643. The van der Waals surface area contributed by atoms with Gasteiger partial charge in [0.2, 0.25) is 0 Å². The first-order valence-corrected chi connectivity index (χ1v) is 9.37. The molecule has 0 aliphatic carbocycles. The van der Waals surface area contributed by atoms with Gasteiger partial charge in [-0.05, 0) is 16.7 Å². The van der Waals surface area contributed by atoms with E-state index in [-0.39, 0.29) is 13.0 Å². The van der Waals surface area contributed by atoms with Crippen molar-refractivity contribution in [3.05, 3.63) is 71.3 Å². The maximum absolute atomic E-state index is 13.1. The molecular weight excluding hydrogens is 372 g/mol. The third-order valence-electron chi connectivity index (χ3n) is 5.05. The molecule has 29 heavy (non-hydrogen) atoms. The maximum Gasteiger partial charge on any atom is 0.329 e. The minimum Gasteiger partial charge on any atom is -0.467 e. The predicted octanol–water partition coefficient (Wildman–Crippen LogP) is 2.08. The van der Waals surface area contributed by atoms with E-state index >= 15 is 0 Å². The van der Waals surface area contributed by atoms with E-state index in [2.05, 4.69) is 5.32 Å². The van der Waals surface area contributed by atoms with Gasteiger partial charge in [-0.1, -0.05) is 54.6 Å². The lowest BCUT2D eigenvalue weighted by molar-refractivity contribution is -0.146. The van der Waals surface area contributed by atoms with Gasteiger partial charge in [0.25, 0.3) is 0 Å². The molecule has 7 heteroatoms. The number of hydrogen-bond acceptors (Lipinski definition) is 5. The molecule has 2 aromatic carbocycles. The van der Waals surface area contributed by atoms with Gasteiger partial charge >= 0.3 is 18.0 Å².